The average molecular weight is 505 g/mol. The maximum Gasteiger partial charge on any atom is 0.307 e. The fraction of sp³-hybridized carbons (Fsp3) is 0.367. The number of aryl methyl sites for hydroxylation is 2. The van der Waals surface area contributed by atoms with E-state index in [0.29, 0.717) is 19.4 Å². The van der Waals surface area contributed by atoms with Gasteiger partial charge in [-0.3, -0.25) is 14.4 Å². The topological polar surface area (TPSA) is 119 Å². The molecule has 0 aliphatic rings. The van der Waals surface area contributed by atoms with Gasteiger partial charge in [-0.1, -0.05) is 59.1 Å². The lowest BCUT2D eigenvalue weighted by atomic mass is 10.1. The maximum absolute atomic E-state index is 11.5. The molecule has 2 aromatic carbocycles. The standard InChI is InChI=1S/C17H21NO3.C13H15NO2/c1-4-21-17(20)12-16(18-14(3)19)7-5-6-15-10-8-13(2)9-11-15;1-10-5-7-11(8-6-10)3-2-4-12(14)9-13(15)16/h8-11,16H,4,7,12H2,1-3H3,(H,18,19);5-8,12H,4,9,14H2,1H3,(H,15,16)/t16-;12-/m00/s1. The van der Waals surface area contributed by atoms with Crippen LogP contribution in [0.5, 0.6) is 0 Å². The van der Waals surface area contributed by atoms with Gasteiger partial charge in [0, 0.05) is 36.9 Å². The molecule has 0 spiro atoms. The number of nitrogens with one attached hydrogen (secondary N) is 1. The van der Waals surface area contributed by atoms with Gasteiger partial charge in [-0.25, -0.2) is 0 Å². The van der Waals surface area contributed by atoms with E-state index in [4.69, 9.17) is 15.6 Å². The zero-order valence-electron chi connectivity index (χ0n) is 22.0. The van der Waals surface area contributed by atoms with E-state index >= 15 is 0 Å². The van der Waals surface area contributed by atoms with Gasteiger partial charge in [0.25, 0.3) is 0 Å². The largest absolute Gasteiger partial charge is 0.481 e. The number of carbonyl (C=O) groups excluding carboxylic acids is 2. The van der Waals surface area contributed by atoms with Crippen LogP contribution in [0.2, 0.25) is 0 Å². The number of aliphatic carboxylic acids is 1. The highest BCUT2D eigenvalue weighted by Crippen LogP contribution is 2.04. The molecule has 7 nitrogen and oxygen atoms in total. The predicted octanol–water partition coefficient (Wildman–Crippen LogP) is 3.73. The van der Waals surface area contributed by atoms with E-state index in [9.17, 15) is 14.4 Å². The number of ether oxygens (including phenoxy) is 1. The highest BCUT2D eigenvalue weighted by Gasteiger charge is 2.14. The van der Waals surface area contributed by atoms with Crippen molar-refractivity contribution in [3.05, 3.63) is 70.8 Å². The second-order valence-electron chi connectivity index (χ2n) is 8.51. The van der Waals surface area contributed by atoms with Gasteiger partial charge in [0.2, 0.25) is 5.91 Å². The first-order chi connectivity index (χ1) is 17.6. The molecule has 0 heterocycles. The molecule has 0 unspecified atom stereocenters. The maximum atomic E-state index is 11.5. The number of hydrogen-bond acceptors (Lipinski definition) is 5. The molecule has 0 bridgehead atoms. The monoisotopic (exact) mass is 504 g/mol. The molecule has 0 aromatic heterocycles. The van der Waals surface area contributed by atoms with Crippen LogP contribution in [0.25, 0.3) is 0 Å². The molecule has 4 N–H and O–H groups in total. The van der Waals surface area contributed by atoms with Crippen molar-refractivity contribution in [2.24, 2.45) is 5.73 Å². The van der Waals surface area contributed by atoms with Gasteiger partial charge in [0.05, 0.1) is 25.5 Å². The molecule has 37 heavy (non-hydrogen) atoms. The van der Waals surface area contributed by atoms with E-state index in [-0.39, 0.29) is 30.8 Å². The van der Waals surface area contributed by atoms with Crippen LogP contribution in [0.1, 0.15) is 61.8 Å². The highest BCUT2D eigenvalue weighted by molar-refractivity contribution is 5.75. The third kappa shape index (κ3) is 15.5. The van der Waals surface area contributed by atoms with Gasteiger partial charge in [-0.15, -0.1) is 0 Å². The second kappa shape index (κ2) is 17.4. The van der Waals surface area contributed by atoms with Crippen molar-refractivity contribution in [1.29, 1.82) is 0 Å². The van der Waals surface area contributed by atoms with E-state index < -0.39 is 12.0 Å². The summed E-state index contributed by atoms with van der Waals surface area (Å²) in [5, 5.41) is 11.2. The average Bonchev–Trinajstić information content (AvgIpc) is 2.81. The van der Waals surface area contributed by atoms with Gasteiger partial charge in [-0.2, -0.15) is 0 Å². The Kier molecular flexibility index (Phi) is 14.5. The molecule has 0 aliphatic carbocycles. The summed E-state index contributed by atoms with van der Waals surface area (Å²) in [5.74, 6) is 10.5. The molecule has 0 saturated heterocycles. The fourth-order valence-corrected chi connectivity index (χ4v) is 3.01. The van der Waals surface area contributed by atoms with Crippen molar-refractivity contribution in [3.63, 3.8) is 0 Å². The summed E-state index contributed by atoms with van der Waals surface area (Å²) in [7, 11) is 0. The van der Waals surface area contributed by atoms with Crippen molar-refractivity contribution in [1.82, 2.24) is 5.32 Å². The lowest BCUT2D eigenvalue weighted by molar-refractivity contribution is -0.143. The second-order valence-corrected chi connectivity index (χ2v) is 8.51. The lowest BCUT2D eigenvalue weighted by Crippen LogP contribution is -2.35. The first kappa shape index (κ1) is 31.0. The van der Waals surface area contributed by atoms with Crippen LogP contribution in [0.15, 0.2) is 48.5 Å². The lowest BCUT2D eigenvalue weighted by Gasteiger charge is -2.14. The zero-order chi connectivity index (χ0) is 27.6. The van der Waals surface area contributed by atoms with Crippen LogP contribution >= 0.6 is 0 Å². The summed E-state index contributed by atoms with van der Waals surface area (Å²) >= 11 is 0. The number of benzene rings is 2. The molecule has 0 radical (unpaired) electrons. The minimum absolute atomic E-state index is 0.0391. The zero-order valence-corrected chi connectivity index (χ0v) is 22.0. The van der Waals surface area contributed by atoms with E-state index in [2.05, 4.69) is 29.0 Å². The molecule has 196 valence electrons. The van der Waals surface area contributed by atoms with Crippen LogP contribution in [0.4, 0.5) is 0 Å². The van der Waals surface area contributed by atoms with E-state index in [1.807, 2.05) is 62.4 Å². The quantitative estimate of drug-likeness (QED) is 0.372. The number of amides is 1. The number of carboxylic acids is 1. The van der Waals surface area contributed by atoms with Gasteiger partial charge in [0.1, 0.15) is 0 Å². The van der Waals surface area contributed by atoms with Crippen LogP contribution in [-0.2, 0) is 19.1 Å². The Labute approximate surface area is 219 Å². The van der Waals surface area contributed by atoms with E-state index in [1.54, 1.807) is 6.92 Å². The van der Waals surface area contributed by atoms with Crippen molar-refractivity contribution in [2.45, 2.75) is 65.5 Å². The Bertz CT molecular complexity index is 1130. The molecule has 1 amide bonds. The number of nitrogens with two attached hydrogens (primary N) is 1. The number of carboxylic acid groups (broad SMARTS) is 1. The van der Waals surface area contributed by atoms with Gasteiger partial charge in [-0.05, 0) is 45.0 Å². The first-order valence-electron chi connectivity index (χ1n) is 12.1. The molecule has 7 heteroatoms. The molecule has 0 saturated carbocycles. The fourth-order valence-electron chi connectivity index (χ4n) is 3.01. The predicted molar refractivity (Wildman–Crippen MR) is 144 cm³/mol. The van der Waals surface area contributed by atoms with E-state index in [0.717, 1.165) is 11.1 Å². The van der Waals surface area contributed by atoms with Crippen molar-refractivity contribution >= 4 is 17.8 Å². The Morgan fingerprint density at radius 1 is 0.892 bits per heavy atom. The minimum Gasteiger partial charge on any atom is -0.481 e. The molecule has 2 atom stereocenters. The third-order valence-electron chi connectivity index (χ3n) is 4.84. The van der Waals surface area contributed by atoms with Crippen LogP contribution < -0.4 is 11.1 Å². The SMILES string of the molecule is CCOC(=O)C[C@H](CC#Cc1ccc(C)cc1)NC(C)=O.Cc1ccc(C#CC[C@H](N)CC(=O)O)cc1. The Hall–Kier alpha value is -4.07. The molecule has 2 aromatic rings. The van der Waals surface area contributed by atoms with Gasteiger partial charge < -0.3 is 20.9 Å². The first-order valence-corrected chi connectivity index (χ1v) is 12.1. The van der Waals surface area contributed by atoms with Crippen LogP contribution in [-0.4, -0.2) is 41.6 Å². The highest BCUT2D eigenvalue weighted by atomic mass is 16.5. The minimum atomic E-state index is -0.885. The molecule has 0 fully saturated rings. The molecule has 2 rings (SSSR count). The Balaban J connectivity index is 0.000000384. The number of carbonyl (C=O) groups is 3. The summed E-state index contributed by atoms with van der Waals surface area (Å²) in [4.78, 5) is 33.0. The summed E-state index contributed by atoms with van der Waals surface area (Å²) in [6.07, 6.45) is 0.908. The molecule has 0 aliphatic heterocycles. The normalized spacial score (nSPS) is 11.2. The summed E-state index contributed by atoms with van der Waals surface area (Å²) in [5.41, 5.74) is 9.79. The number of esters is 1. The number of rotatable bonds is 8. The van der Waals surface area contributed by atoms with Crippen molar-refractivity contribution in [2.75, 3.05) is 6.61 Å². The van der Waals surface area contributed by atoms with Crippen molar-refractivity contribution < 1.29 is 24.2 Å². The van der Waals surface area contributed by atoms with Crippen LogP contribution in [0.3, 0.4) is 0 Å². The summed E-state index contributed by atoms with van der Waals surface area (Å²) < 4.78 is 4.89. The summed E-state index contributed by atoms with van der Waals surface area (Å²) in [6, 6.07) is 15.0. The van der Waals surface area contributed by atoms with Gasteiger partial charge in [0.15, 0.2) is 0 Å². The smallest absolute Gasteiger partial charge is 0.307 e. The summed E-state index contributed by atoms with van der Waals surface area (Å²) in [6.45, 7) is 7.54. The van der Waals surface area contributed by atoms with E-state index in [1.165, 1.54) is 18.1 Å². The van der Waals surface area contributed by atoms with Gasteiger partial charge >= 0.3 is 11.9 Å². The molecular weight excluding hydrogens is 468 g/mol. The van der Waals surface area contributed by atoms with Crippen LogP contribution in [0, 0.1) is 37.5 Å². The number of hydrogen-bond donors (Lipinski definition) is 3. The Morgan fingerprint density at radius 2 is 1.38 bits per heavy atom. The third-order valence-corrected chi connectivity index (χ3v) is 4.84. The molecular formula is C30H36N2O5. The van der Waals surface area contributed by atoms with Crippen molar-refractivity contribution in [3.8, 4) is 23.7 Å². The Morgan fingerprint density at radius 3 is 1.81 bits per heavy atom.